The highest BCUT2D eigenvalue weighted by Crippen LogP contribution is 2.47. The Kier molecular flexibility index (Phi) is 10.6. The van der Waals surface area contributed by atoms with Crippen LogP contribution in [0.1, 0.15) is 130 Å². The van der Waals surface area contributed by atoms with Gasteiger partial charge >= 0.3 is 0 Å². The molecule has 0 saturated carbocycles. The number of rotatable bonds is 7. The molecule has 0 amide bonds. The average Bonchev–Trinajstić information content (AvgIpc) is 3.55. The number of aromatic nitrogens is 3. The summed E-state index contributed by atoms with van der Waals surface area (Å²) in [5.74, 6) is 1.43. The number of hydrogen-bond donors (Lipinski definition) is 1. The molecule has 0 aliphatic rings. The lowest BCUT2D eigenvalue weighted by Gasteiger charge is -2.28. The lowest BCUT2D eigenvalue weighted by Crippen LogP contribution is -2.17. The molecule has 0 aliphatic heterocycles. The topological polar surface area (TPSA) is 50.9 Å². The molecule has 0 spiro atoms. The number of pyridine rings is 1. The summed E-state index contributed by atoms with van der Waals surface area (Å²) >= 11 is 0. The molecule has 298 valence electrons. The summed E-state index contributed by atoms with van der Waals surface area (Å²) in [6.07, 6.45) is 1.86. The van der Waals surface area contributed by atoms with Crippen LogP contribution in [0.25, 0.3) is 61.6 Å². The number of fused-ring (bicyclic) bond motifs is 1. The third kappa shape index (κ3) is 7.74. The molecule has 0 radical (unpaired) electrons. The number of aromatic hydroxyl groups is 1. The van der Waals surface area contributed by atoms with Gasteiger partial charge in [0.05, 0.1) is 28.0 Å². The number of benzene rings is 5. The van der Waals surface area contributed by atoms with Gasteiger partial charge in [0.15, 0.2) is 0 Å². The second-order valence-corrected chi connectivity index (χ2v) is 19.8. The molecular weight excluding hydrogens is 707 g/mol. The molecule has 5 aromatic carbocycles. The van der Waals surface area contributed by atoms with Crippen molar-refractivity contribution in [2.75, 3.05) is 0 Å². The molecule has 58 heavy (non-hydrogen) atoms. The van der Waals surface area contributed by atoms with Crippen LogP contribution >= 0.6 is 0 Å². The van der Waals surface area contributed by atoms with E-state index in [0.717, 1.165) is 61.6 Å². The number of imidazole rings is 1. The maximum absolute atomic E-state index is 12.5. The number of phenolic OH excluding ortho intramolecular Hbond substituents is 1. The zero-order valence-corrected chi connectivity index (χ0v) is 36.9. The van der Waals surface area contributed by atoms with Crippen LogP contribution in [0.15, 0.2) is 115 Å². The van der Waals surface area contributed by atoms with Crippen LogP contribution in [0.3, 0.4) is 0 Å². The van der Waals surface area contributed by atoms with Crippen LogP contribution in [0.4, 0.5) is 0 Å². The molecule has 7 aromatic rings. The summed E-state index contributed by atoms with van der Waals surface area (Å²) in [6.45, 7) is 29.2. The molecule has 4 heteroatoms. The van der Waals surface area contributed by atoms with Gasteiger partial charge in [-0.25, -0.2) is 4.98 Å². The molecule has 2 aromatic heterocycles. The highest BCUT2D eigenvalue weighted by Gasteiger charge is 2.31. The fraction of sp³-hybridized carbons (Fsp3) is 0.333. The van der Waals surface area contributed by atoms with Crippen molar-refractivity contribution >= 4 is 11.0 Å². The Balaban J connectivity index is 1.65. The second-order valence-electron chi connectivity index (χ2n) is 19.8. The van der Waals surface area contributed by atoms with Crippen LogP contribution in [-0.4, -0.2) is 19.6 Å². The first-order valence-electron chi connectivity index (χ1n) is 20.9. The van der Waals surface area contributed by atoms with E-state index in [9.17, 15) is 5.11 Å². The molecule has 0 saturated heterocycles. The minimum absolute atomic E-state index is 0.0979. The van der Waals surface area contributed by atoms with Crippen LogP contribution in [0.2, 0.25) is 0 Å². The van der Waals surface area contributed by atoms with E-state index in [0.29, 0.717) is 0 Å². The van der Waals surface area contributed by atoms with E-state index < -0.39 is 0 Å². The maximum atomic E-state index is 12.5. The minimum atomic E-state index is -0.305. The van der Waals surface area contributed by atoms with Gasteiger partial charge in [-0.15, -0.1) is 0 Å². The van der Waals surface area contributed by atoms with Crippen LogP contribution in [0, 0.1) is 0 Å². The lowest BCUT2D eigenvalue weighted by atomic mass is 9.78. The zero-order chi connectivity index (χ0) is 41.9. The van der Waals surface area contributed by atoms with E-state index in [1.165, 1.54) is 27.8 Å². The SMILES string of the molecule is CC(C)c1cc(-c2ccccc2)cc(C(C)C)c1-n1c(-c2cc(C(C)(C)C)cc(C(C)(C)C)c2O)nc2c(-c3cc(-c4ccccn4)cc(C(C)(C)C)c3)cccc21. The molecule has 0 aliphatic carbocycles. The standard InChI is InChI=1S/C54H61N3O/c1-33(2)42-29-36(35-20-15-14-16-21-35)30-43(34(3)4)49(42)57-47-24-19-22-41(37-26-38(46-23-17-18-25-55-46)28-39(27-37)52(5,6)7)48(47)56-51(57)44-31-40(53(8,9)10)32-45(50(44)58)54(11,12)13/h14-34,58H,1-13H3. The number of nitrogens with zero attached hydrogens (tertiary/aromatic N) is 3. The van der Waals surface area contributed by atoms with E-state index >= 15 is 0 Å². The monoisotopic (exact) mass is 767 g/mol. The molecule has 0 atom stereocenters. The summed E-state index contributed by atoms with van der Waals surface area (Å²) in [4.78, 5) is 10.5. The second kappa shape index (κ2) is 15.0. The van der Waals surface area contributed by atoms with E-state index in [4.69, 9.17) is 9.97 Å². The summed E-state index contributed by atoms with van der Waals surface area (Å²) in [7, 11) is 0. The highest BCUT2D eigenvalue weighted by molar-refractivity contribution is 5.97. The van der Waals surface area contributed by atoms with Crippen molar-refractivity contribution in [3.05, 3.63) is 143 Å². The molecule has 0 fully saturated rings. The van der Waals surface area contributed by atoms with Gasteiger partial charge in [-0.05, 0) is 116 Å². The van der Waals surface area contributed by atoms with Gasteiger partial charge in [0.2, 0.25) is 0 Å². The zero-order valence-electron chi connectivity index (χ0n) is 36.9. The van der Waals surface area contributed by atoms with Gasteiger partial charge in [0.25, 0.3) is 0 Å². The van der Waals surface area contributed by atoms with Gasteiger partial charge in [-0.1, -0.05) is 151 Å². The molecule has 7 rings (SSSR count). The normalized spacial score (nSPS) is 12.6. The van der Waals surface area contributed by atoms with Gasteiger partial charge < -0.3 is 5.11 Å². The first kappa shape index (κ1) is 40.7. The fourth-order valence-corrected chi connectivity index (χ4v) is 8.06. The van der Waals surface area contributed by atoms with Crippen LogP contribution in [-0.2, 0) is 16.2 Å². The molecular formula is C54H61N3O. The Morgan fingerprint density at radius 2 is 1.14 bits per heavy atom. The van der Waals surface area contributed by atoms with Crippen molar-refractivity contribution in [3.63, 3.8) is 0 Å². The predicted octanol–water partition coefficient (Wildman–Crippen LogP) is 14.9. The van der Waals surface area contributed by atoms with Crippen molar-refractivity contribution in [1.82, 2.24) is 14.5 Å². The Hall–Kier alpha value is -5.48. The van der Waals surface area contributed by atoms with E-state index in [2.05, 4.69) is 192 Å². The molecule has 1 N–H and O–H groups in total. The first-order chi connectivity index (χ1) is 27.2. The Morgan fingerprint density at radius 1 is 0.534 bits per heavy atom. The van der Waals surface area contributed by atoms with E-state index in [-0.39, 0.29) is 33.8 Å². The van der Waals surface area contributed by atoms with Crippen molar-refractivity contribution in [2.24, 2.45) is 0 Å². The quantitative estimate of drug-likeness (QED) is 0.176. The number of phenols is 1. The predicted molar refractivity (Wildman–Crippen MR) is 247 cm³/mol. The van der Waals surface area contributed by atoms with Crippen LogP contribution in [0.5, 0.6) is 5.75 Å². The van der Waals surface area contributed by atoms with Gasteiger partial charge in [0.1, 0.15) is 11.6 Å². The maximum Gasteiger partial charge on any atom is 0.149 e. The van der Waals surface area contributed by atoms with E-state index in [1.54, 1.807) is 0 Å². The summed E-state index contributed by atoms with van der Waals surface area (Å²) < 4.78 is 2.37. The summed E-state index contributed by atoms with van der Waals surface area (Å²) in [5.41, 5.74) is 15.5. The highest BCUT2D eigenvalue weighted by atomic mass is 16.3. The van der Waals surface area contributed by atoms with Gasteiger partial charge in [0, 0.05) is 22.9 Å². The Labute approximate surface area is 347 Å². The molecule has 0 unspecified atom stereocenters. The largest absolute Gasteiger partial charge is 0.507 e. The number of hydrogen-bond acceptors (Lipinski definition) is 3. The average molecular weight is 768 g/mol. The van der Waals surface area contributed by atoms with Gasteiger partial charge in [-0.2, -0.15) is 0 Å². The van der Waals surface area contributed by atoms with Crippen molar-refractivity contribution < 1.29 is 5.11 Å². The fourth-order valence-electron chi connectivity index (χ4n) is 8.06. The van der Waals surface area contributed by atoms with Crippen molar-refractivity contribution in [1.29, 1.82) is 0 Å². The number of para-hydroxylation sites is 1. The van der Waals surface area contributed by atoms with Crippen LogP contribution < -0.4 is 0 Å². The van der Waals surface area contributed by atoms with Crippen molar-refractivity contribution in [2.45, 2.75) is 118 Å². The van der Waals surface area contributed by atoms with Gasteiger partial charge in [-0.3, -0.25) is 9.55 Å². The Morgan fingerprint density at radius 3 is 1.71 bits per heavy atom. The first-order valence-corrected chi connectivity index (χ1v) is 20.9. The summed E-state index contributed by atoms with van der Waals surface area (Å²) in [5, 5.41) is 12.5. The third-order valence-electron chi connectivity index (χ3n) is 11.5. The molecule has 2 heterocycles. The summed E-state index contributed by atoms with van der Waals surface area (Å²) in [6, 6.07) is 39.3. The molecule has 0 bridgehead atoms. The lowest BCUT2D eigenvalue weighted by molar-refractivity contribution is 0.446. The van der Waals surface area contributed by atoms with Crippen molar-refractivity contribution in [3.8, 4) is 56.3 Å². The molecule has 4 nitrogen and oxygen atoms in total. The third-order valence-corrected chi connectivity index (χ3v) is 11.5. The smallest absolute Gasteiger partial charge is 0.149 e. The minimum Gasteiger partial charge on any atom is -0.507 e. The van der Waals surface area contributed by atoms with E-state index in [1.807, 2.05) is 18.3 Å². The Bertz CT molecular complexity index is 2580.